The van der Waals surface area contributed by atoms with E-state index >= 15 is 0 Å². The van der Waals surface area contributed by atoms with Crippen molar-refractivity contribution in [2.75, 3.05) is 0 Å². The molecule has 1 aromatic heterocycles. The maximum atomic E-state index is 11.4. The molecule has 0 unspecified atom stereocenters. The second-order valence-electron chi connectivity index (χ2n) is 4.07. The highest BCUT2D eigenvalue weighted by atomic mass is 79.9. The number of nitrogens with zero attached hydrogens (tertiary/aromatic N) is 2. The predicted molar refractivity (Wildman–Crippen MR) is 80.4 cm³/mol. The number of aryl methyl sites for hydroxylation is 1. The van der Waals surface area contributed by atoms with Crippen LogP contribution in [-0.2, 0) is 0 Å². The molecule has 1 aromatic carbocycles. The topological polar surface area (TPSA) is 72.3 Å². The molecule has 0 fully saturated rings. The molecule has 20 heavy (non-hydrogen) atoms. The Morgan fingerprint density at radius 2 is 1.95 bits per heavy atom. The number of rotatable bonds is 3. The van der Waals surface area contributed by atoms with E-state index in [2.05, 4.69) is 42.1 Å². The molecule has 2 rings (SSSR count). The van der Waals surface area contributed by atoms with E-state index in [4.69, 9.17) is 4.74 Å². The fourth-order valence-corrected chi connectivity index (χ4v) is 2.70. The summed E-state index contributed by atoms with van der Waals surface area (Å²) in [6.45, 7) is 3.38. The van der Waals surface area contributed by atoms with Crippen molar-refractivity contribution in [3.63, 3.8) is 0 Å². The number of hydrogen-bond acceptors (Lipinski definition) is 4. The Bertz CT molecular complexity index is 690. The van der Waals surface area contributed by atoms with Crippen LogP contribution in [0.1, 0.15) is 21.6 Å². The Morgan fingerprint density at radius 1 is 1.25 bits per heavy atom. The zero-order valence-corrected chi connectivity index (χ0v) is 13.8. The van der Waals surface area contributed by atoms with Crippen molar-refractivity contribution in [3.8, 4) is 11.6 Å². The Balaban J connectivity index is 2.48. The molecule has 7 heteroatoms. The minimum absolute atomic E-state index is 0.0207. The van der Waals surface area contributed by atoms with Crippen molar-refractivity contribution in [2.45, 2.75) is 13.8 Å². The molecule has 5 nitrogen and oxygen atoms in total. The van der Waals surface area contributed by atoms with Crippen LogP contribution in [0.25, 0.3) is 0 Å². The van der Waals surface area contributed by atoms with E-state index < -0.39 is 5.97 Å². The molecule has 2 aromatic rings. The van der Waals surface area contributed by atoms with Gasteiger partial charge in [-0.25, -0.2) is 4.79 Å². The monoisotopic (exact) mass is 400 g/mol. The number of benzene rings is 1. The third kappa shape index (κ3) is 2.99. The second kappa shape index (κ2) is 5.88. The SMILES string of the molecule is Cc1nnc(Oc2ccc(Br)cc2Br)c(C(=O)O)c1C. The van der Waals surface area contributed by atoms with E-state index in [-0.39, 0.29) is 11.4 Å². The molecular formula is C13H10Br2N2O3. The van der Waals surface area contributed by atoms with Gasteiger partial charge in [-0.2, -0.15) is 5.10 Å². The summed E-state index contributed by atoms with van der Waals surface area (Å²) in [5, 5.41) is 17.0. The van der Waals surface area contributed by atoms with Gasteiger partial charge in [0.05, 0.1) is 10.2 Å². The fourth-order valence-electron chi connectivity index (χ4n) is 1.57. The molecular weight excluding hydrogens is 392 g/mol. The molecule has 0 saturated carbocycles. The molecule has 0 saturated heterocycles. The summed E-state index contributed by atoms with van der Waals surface area (Å²) in [6.07, 6.45) is 0. The van der Waals surface area contributed by atoms with Crippen LogP contribution < -0.4 is 4.74 Å². The molecule has 0 aliphatic rings. The molecule has 0 spiro atoms. The molecule has 0 atom stereocenters. The molecule has 0 amide bonds. The van der Waals surface area contributed by atoms with E-state index in [0.29, 0.717) is 21.5 Å². The smallest absolute Gasteiger partial charge is 0.341 e. The molecule has 1 N–H and O–H groups in total. The van der Waals surface area contributed by atoms with Crippen LogP contribution in [0.2, 0.25) is 0 Å². The van der Waals surface area contributed by atoms with Crippen molar-refractivity contribution < 1.29 is 14.6 Å². The Hall–Kier alpha value is -1.47. The summed E-state index contributed by atoms with van der Waals surface area (Å²) < 4.78 is 7.13. The van der Waals surface area contributed by atoms with Crippen LogP contribution in [-0.4, -0.2) is 21.3 Å². The summed E-state index contributed by atoms with van der Waals surface area (Å²) >= 11 is 6.68. The molecule has 0 aliphatic carbocycles. The van der Waals surface area contributed by atoms with Crippen molar-refractivity contribution in [1.82, 2.24) is 10.2 Å². The van der Waals surface area contributed by atoms with E-state index in [1.165, 1.54) is 0 Å². The first-order valence-electron chi connectivity index (χ1n) is 5.60. The molecule has 1 heterocycles. The van der Waals surface area contributed by atoms with Gasteiger partial charge < -0.3 is 9.84 Å². The average Bonchev–Trinajstić information content (AvgIpc) is 2.36. The maximum absolute atomic E-state index is 11.4. The highest BCUT2D eigenvalue weighted by Crippen LogP contribution is 2.33. The molecule has 104 valence electrons. The third-order valence-electron chi connectivity index (χ3n) is 2.74. The Morgan fingerprint density at radius 3 is 2.55 bits per heavy atom. The Kier molecular flexibility index (Phi) is 4.39. The molecule has 0 radical (unpaired) electrons. The quantitative estimate of drug-likeness (QED) is 0.837. The van der Waals surface area contributed by atoms with Crippen molar-refractivity contribution in [2.24, 2.45) is 0 Å². The highest BCUT2D eigenvalue weighted by molar-refractivity contribution is 9.11. The predicted octanol–water partition coefficient (Wildman–Crippen LogP) is 4.11. The van der Waals surface area contributed by atoms with E-state index in [0.717, 1.165) is 4.47 Å². The van der Waals surface area contributed by atoms with Crippen LogP contribution in [0, 0.1) is 13.8 Å². The largest absolute Gasteiger partial charge is 0.477 e. The second-order valence-corrected chi connectivity index (χ2v) is 5.84. The number of aromatic carboxylic acids is 1. The van der Waals surface area contributed by atoms with Crippen LogP contribution in [0.5, 0.6) is 11.6 Å². The summed E-state index contributed by atoms with van der Waals surface area (Å²) in [5.74, 6) is -0.652. The first-order chi connectivity index (χ1) is 9.40. The lowest BCUT2D eigenvalue weighted by Gasteiger charge is -2.11. The zero-order valence-electron chi connectivity index (χ0n) is 10.6. The van der Waals surface area contributed by atoms with E-state index in [9.17, 15) is 9.90 Å². The van der Waals surface area contributed by atoms with E-state index in [1.807, 2.05) is 0 Å². The van der Waals surface area contributed by atoms with Gasteiger partial charge in [0.2, 0.25) is 0 Å². The number of ether oxygens (including phenoxy) is 1. The van der Waals surface area contributed by atoms with Gasteiger partial charge in [0, 0.05) is 4.47 Å². The number of carboxylic acids is 1. The van der Waals surface area contributed by atoms with Gasteiger partial charge in [0.15, 0.2) is 0 Å². The summed E-state index contributed by atoms with van der Waals surface area (Å²) in [6, 6.07) is 5.29. The average molecular weight is 402 g/mol. The van der Waals surface area contributed by atoms with Crippen molar-refractivity contribution in [1.29, 1.82) is 0 Å². The lowest BCUT2D eigenvalue weighted by Crippen LogP contribution is -2.08. The zero-order chi connectivity index (χ0) is 14.9. The van der Waals surface area contributed by atoms with Crippen LogP contribution in [0.15, 0.2) is 27.1 Å². The Labute approximate surface area is 132 Å². The van der Waals surface area contributed by atoms with Gasteiger partial charge in [-0.15, -0.1) is 5.10 Å². The van der Waals surface area contributed by atoms with Gasteiger partial charge in [0.1, 0.15) is 11.3 Å². The first kappa shape index (κ1) is 14.9. The van der Waals surface area contributed by atoms with Gasteiger partial charge in [0.25, 0.3) is 5.88 Å². The fraction of sp³-hybridized carbons (Fsp3) is 0.154. The number of carbonyl (C=O) groups is 1. The standard InChI is InChI=1S/C13H10Br2N2O3/c1-6-7(2)16-17-12(11(6)13(18)19)20-10-4-3-8(14)5-9(10)15/h3-5H,1-2H3,(H,18,19). The minimum Gasteiger partial charge on any atom is -0.477 e. The van der Waals surface area contributed by atoms with Gasteiger partial charge in [-0.3, -0.25) is 0 Å². The van der Waals surface area contributed by atoms with Crippen LogP contribution in [0.4, 0.5) is 0 Å². The number of carboxylic acid groups (broad SMARTS) is 1. The van der Waals surface area contributed by atoms with Crippen molar-refractivity contribution >= 4 is 37.8 Å². The van der Waals surface area contributed by atoms with Crippen LogP contribution in [0.3, 0.4) is 0 Å². The highest BCUT2D eigenvalue weighted by Gasteiger charge is 2.20. The molecule has 0 aliphatic heterocycles. The number of aromatic nitrogens is 2. The van der Waals surface area contributed by atoms with Crippen molar-refractivity contribution in [3.05, 3.63) is 44.0 Å². The summed E-state index contributed by atoms with van der Waals surface area (Å²) in [5.41, 5.74) is 1.12. The maximum Gasteiger partial charge on any atom is 0.341 e. The minimum atomic E-state index is -1.09. The van der Waals surface area contributed by atoms with Gasteiger partial charge in [-0.05, 0) is 53.5 Å². The molecule has 0 bridgehead atoms. The first-order valence-corrected chi connectivity index (χ1v) is 7.19. The van der Waals surface area contributed by atoms with Gasteiger partial charge >= 0.3 is 5.97 Å². The summed E-state index contributed by atoms with van der Waals surface area (Å²) in [7, 11) is 0. The number of halogens is 2. The normalized spacial score (nSPS) is 10.4. The van der Waals surface area contributed by atoms with E-state index in [1.54, 1.807) is 32.0 Å². The van der Waals surface area contributed by atoms with Gasteiger partial charge in [-0.1, -0.05) is 15.9 Å². The lowest BCUT2D eigenvalue weighted by molar-refractivity contribution is 0.0692. The third-order valence-corrected chi connectivity index (χ3v) is 3.85. The lowest BCUT2D eigenvalue weighted by atomic mass is 10.1. The number of hydrogen-bond donors (Lipinski definition) is 1. The van der Waals surface area contributed by atoms with Crippen LogP contribution >= 0.6 is 31.9 Å². The summed E-state index contributed by atoms with van der Waals surface area (Å²) in [4.78, 5) is 11.4.